The Labute approximate surface area is 471 Å². The van der Waals surface area contributed by atoms with Crippen LogP contribution in [0.25, 0.3) is 44.7 Å². The van der Waals surface area contributed by atoms with Gasteiger partial charge in [-0.1, -0.05) is 0 Å². The van der Waals surface area contributed by atoms with Crippen LogP contribution < -0.4 is 22.9 Å². The van der Waals surface area contributed by atoms with Crippen molar-refractivity contribution >= 4 is 91.5 Å². The van der Waals surface area contributed by atoms with Crippen molar-refractivity contribution in [2.45, 2.75) is 98.2 Å². The first-order valence-corrected chi connectivity index (χ1v) is 29.3. The third-order valence-electron chi connectivity index (χ3n) is 14.0. The normalized spacial score (nSPS) is 32.0. The predicted octanol–water partition coefficient (Wildman–Crippen LogP) is -4.43. The molecule has 4 fully saturated rings. The summed E-state index contributed by atoms with van der Waals surface area (Å²) >= 11 is 0. The number of hydrogen-bond donors (Lipinski definition) is 13. The van der Waals surface area contributed by atoms with Gasteiger partial charge in [-0.15, -0.1) is 0 Å². The molecule has 4 saturated heterocycles. The van der Waals surface area contributed by atoms with Crippen molar-refractivity contribution in [1.29, 1.82) is 0 Å². The maximum absolute atomic E-state index is 14.2. The van der Waals surface area contributed by atoms with E-state index in [0.29, 0.717) is 0 Å². The quantitative estimate of drug-likeness (QED) is 0.0320. The van der Waals surface area contributed by atoms with Gasteiger partial charge in [-0.25, -0.2) is 68.5 Å². The number of aliphatic hydroxyl groups is 6. The number of nitrogens with two attached hydrogens (primary N) is 4. The number of ether oxygens (including phenoxy) is 4. The van der Waals surface area contributed by atoms with Gasteiger partial charge in [0.1, 0.15) is 114 Å². The third-order valence-corrected chi connectivity index (χ3v) is 17.0. The van der Waals surface area contributed by atoms with Gasteiger partial charge >= 0.3 is 23.5 Å². The number of fused-ring (bicyclic) bond motifs is 4. The molecule has 0 spiro atoms. The van der Waals surface area contributed by atoms with E-state index in [0.717, 1.165) is 40.8 Å². The Bertz CT molecular complexity index is 3940. The molecule has 42 nitrogen and oxygen atoms in total. The lowest BCUT2D eigenvalue weighted by atomic mass is 10.1. The van der Waals surface area contributed by atoms with E-state index in [1.807, 2.05) is 0 Å². The highest BCUT2D eigenvalue weighted by atomic mass is 31.2. The van der Waals surface area contributed by atoms with Crippen LogP contribution in [0, 0.1) is 0 Å². The Hall–Kier alpha value is -6.67. The molecule has 3 unspecified atom stereocenters. The molecule has 45 heteroatoms. The van der Waals surface area contributed by atoms with Crippen molar-refractivity contribution in [3.8, 4) is 0 Å². The second-order valence-electron chi connectivity index (χ2n) is 19.2. The number of nitrogen functional groups attached to an aromatic ring is 4. The summed E-state index contributed by atoms with van der Waals surface area (Å²) in [6, 6.07) is 0. The molecule has 0 aromatic carbocycles. The van der Waals surface area contributed by atoms with Gasteiger partial charge in [0.2, 0.25) is 5.95 Å². The fourth-order valence-electron chi connectivity index (χ4n) is 10.0. The summed E-state index contributed by atoms with van der Waals surface area (Å²) in [4.78, 5) is 82.1. The molecule has 0 radical (unpaired) electrons. The van der Waals surface area contributed by atoms with Crippen LogP contribution in [0.1, 0.15) is 24.9 Å². The van der Waals surface area contributed by atoms with E-state index < -0.39 is 148 Å². The molecule has 12 rings (SSSR count). The minimum absolute atomic E-state index is 0.00280. The number of phosphoric ester groups is 3. The lowest BCUT2D eigenvalue weighted by Gasteiger charge is -2.26. The molecule has 12 heterocycles. The summed E-state index contributed by atoms with van der Waals surface area (Å²) in [6.45, 7) is -4.08. The maximum Gasteiger partial charge on any atom is 0.472 e. The Balaban J connectivity index is 0.764. The fourth-order valence-corrected chi connectivity index (χ4v) is 12.9. The van der Waals surface area contributed by atoms with Crippen LogP contribution in [0.4, 0.5) is 23.4 Å². The fraction of sp³-hybridized carbons (Fsp3) is 0.500. The van der Waals surface area contributed by atoms with Crippen molar-refractivity contribution in [2.24, 2.45) is 0 Å². The Morgan fingerprint density at radius 3 is 1.22 bits per heavy atom. The number of hydrogen-bond acceptors (Lipinski definition) is 35. The number of imidazole rings is 4. The summed E-state index contributed by atoms with van der Waals surface area (Å²) in [6.07, 6.45) is -18.8. The van der Waals surface area contributed by atoms with Gasteiger partial charge in [0, 0.05) is 0 Å². The zero-order chi connectivity index (χ0) is 60.0. The zero-order valence-electron chi connectivity index (χ0n) is 42.8. The molecule has 19 atom stereocenters. The van der Waals surface area contributed by atoms with E-state index >= 15 is 0 Å². The number of aliphatic hydroxyl groups excluding tert-OH is 6. The summed E-state index contributed by atoms with van der Waals surface area (Å²) < 4.78 is 102. The number of nitrogens with zero attached hydrogens (tertiary/aromatic N) is 16. The minimum Gasteiger partial charge on any atom is -0.394 e. The maximum atomic E-state index is 14.2. The lowest BCUT2D eigenvalue weighted by Crippen LogP contribution is -2.38. The second-order valence-corrected chi connectivity index (χ2v) is 23.5. The van der Waals surface area contributed by atoms with Gasteiger partial charge in [0.05, 0.1) is 57.9 Å². The number of phosphoric acid groups is 3. The van der Waals surface area contributed by atoms with Crippen LogP contribution >= 0.6 is 23.5 Å². The van der Waals surface area contributed by atoms with Gasteiger partial charge in [0.15, 0.2) is 65.0 Å². The lowest BCUT2D eigenvalue weighted by molar-refractivity contribution is -0.0633. The van der Waals surface area contributed by atoms with Crippen LogP contribution in [0.3, 0.4) is 0 Å². The standard InChI is InChI=1S/C40H49N20O22P3/c41-29-18-33(49-6-46-29)58(10-53-18)36-22(63)21(62)15(77-36)3-73-83(67,68)81-27-17(79-38(24(27)65)59-11-54-19-30(42)47-7-50-34(19)59)5-75-85(71,72)82-28-16(78-39(25(28)66)60-12-55-20-31(43)48-8-51-35(20)60)4-74-84(69,70)80-26-14(2-61)76-37(23(26)64)57-9-52-13-1-45-40(44)56-32(13)57/h1,6-12,14-17,21-28,36-39,61-66H,2-5H2,(H,67,68)(H,69,70)(H,71,72)(H2,41,46,49)(H2,42,47,50)(H2,43,48,51)(H2,44,45,56)/t14-,15-,16-,17-,21-,22-,23-,24-,25-,26-,27-,28-,36-,37-,38-,39-/m1/s1. The summed E-state index contributed by atoms with van der Waals surface area (Å²) in [5.74, 6) is -0.349. The van der Waals surface area contributed by atoms with E-state index in [1.54, 1.807) is 0 Å². The summed E-state index contributed by atoms with van der Waals surface area (Å²) in [7, 11) is -16.6. The van der Waals surface area contributed by atoms with Gasteiger partial charge in [-0.05, 0) is 0 Å². The molecule has 8 aromatic rings. The predicted molar refractivity (Wildman–Crippen MR) is 274 cm³/mol. The first-order chi connectivity index (χ1) is 40.5. The highest BCUT2D eigenvalue weighted by Crippen LogP contribution is 2.54. The molecule has 17 N–H and O–H groups in total. The van der Waals surface area contributed by atoms with E-state index in [1.165, 1.54) is 28.0 Å². The zero-order valence-corrected chi connectivity index (χ0v) is 45.5. The van der Waals surface area contributed by atoms with Gasteiger partial charge in [-0.2, -0.15) is 4.98 Å². The topological polar surface area (TPSA) is 604 Å². The second kappa shape index (κ2) is 22.6. The highest BCUT2D eigenvalue weighted by Gasteiger charge is 2.55. The van der Waals surface area contributed by atoms with Crippen LogP contribution in [-0.4, -0.2) is 223 Å². The van der Waals surface area contributed by atoms with Crippen molar-refractivity contribution in [1.82, 2.24) is 78.1 Å². The van der Waals surface area contributed by atoms with Crippen molar-refractivity contribution in [3.05, 3.63) is 50.5 Å². The number of rotatable bonds is 20. The largest absolute Gasteiger partial charge is 0.472 e. The first-order valence-electron chi connectivity index (χ1n) is 24.8. The van der Waals surface area contributed by atoms with E-state index in [-0.39, 0.29) is 68.1 Å². The van der Waals surface area contributed by atoms with Crippen LogP contribution in [0.5, 0.6) is 0 Å². The van der Waals surface area contributed by atoms with Crippen LogP contribution in [0.2, 0.25) is 0 Å². The van der Waals surface area contributed by atoms with E-state index in [4.69, 9.17) is 69.0 Å². The minimum atomic E-state index is -5.65. The smallest absolute Gasteiger partial charge is 0.394 e. The Morgan fingerprint density at radius 1 is 0.447 bits per heavy atom. The molecular weight excluding hydrogens is 1210 g/mol. The molecular formula is C40H49N20O22P3. The Morgan fingerprint density at radius 2 is 0.800 bits per heavy atom. The molecule has 0 saturated carbocycles. The highest BCUT2D eigenvalue weighted by molar-refractivity contribution is 7.48. The number of anilines is 4. The first kappa shape index (κ1) is 58.7. The molecule has 85 heavy (non-hydrogen) atoms. The molecule has 0 aliphatic carbocycles. The molecule has 456 valence electrons. The molecule has 0 bridgehead atoms. The monoisotopic (exact) mass is 1250 g/mol. The van der Waals surface area contributed by atoms with Gasteiger partial charge in [0.25, 0.3) is 0 Å². The average molecular weight is 1250 g/mol. The van der Waals surface area contributed by atoms with E-state index in [9.17, 15) is 59.0 Å². The molecule has 8 aromatic heterocycles. The number of aromatic nitrogens is 16. The summed E-state index contributed by atoms with van der Waals surface area (Å²) in [5, 5.41) is 67.1. The van der Waals surface area contributed by atoms with Crippen molar-refractivity contribution < 1.29 is 105 Å². The molecule has 4 aliphatic rings. The third kappa shape index (κ3) is 11.0. The van der Waals surface area contributed by atoms with Crippen LogP contribution in [-0.2, 0) is 59.8 Å². The van der Waals surface area contributed by atoms with Gasteiger partial charge < -0.3 is 87.2 Å². The SMILES string of the molecule is Nc1ncc2ncn([C@@H]3O[C@H](CO)[C@@H](OP(=O)(O)OC[C@H]4O[C@@H](n5cnc6c(N)ncnc65)[C@H](O)[C@@H]4OP(=O)(O)OC[C@H]4O[C@@H](n5cnc6c(N)ncnc65)[C@H](O)[C@@H]4OP(=O)(O)OC[C@H]4O[C@@H](n5cnc6c(N)ncnc65)[C@H](O)[C@@H]4O)[C@H]3O)c2n1. The van der Waals surface area contributed by atoms with Crippen molar-refractivity contribution in [3.63, 3.8) is 0 Å². The average Bonchev–Trinajstić information content (AvgIpc) is 2.05. The summed E-state index contributed by atoms with van der Waals surface area (Å²) in [5.41, 5.74) is 24.2. The van der Waals surface area contributed by atoms with E-state index in [2.05, 4.69) is 59.8 Å². The van der Waals surface area contributed by atoms with Crippen molar-refractivity contribution in [2.75, 3.05) is 49.4 Å². The molecule has 0 amide bonds. The molecule has 4 aliphatic heterocycles. The van der Waals surface area contributed by atoms with Gasteiger partial charge in [-0.3, -0.25) is 45.4 Å². The Kier molecular flexibility index (Phi) is 15.6. The van der Waals surface area contributed by atoms with Crippen LogP contribution in [0.15, 0.2) is 50.5 Å².